The second-order valence-corrected chi connectivity index (χ2v) is 8.36. The molecule has 1 saturated heterocycles. The second kappa shape index (κ2) is 7.99. The molecule has 1 atom stereocenters. The highest BCUT2D eigenvalue weighted by Gasteiger charge is 2.37. The fourth-order valence-electron chi connectivity index (χ4n) is 4.05. The summed E-state index contributed by atoms with van der Waals surface area (Å²) in [5.74, 6) is 0.0156. The number of para-hydroxylation sites is 1. The molecule has 4 rings (SSSR count). The Morgan fingerprint density at radius 3 is 2.62 bits per heavy atom. The molecule has 0 spiro atoms. The molecule has 0 saturated carbocycles. The van der Waals surface area contributed by atoms with E-state index in [4.69, 9.17) is 0 Å². The van der Waals surface area contributed by atoms with Gasteiger partial charge in [-0.2, -0.15) is 5.10 Å². The van der Waals surface area contributed by atoms with Crippen LogP contribution in [0.5, 0.6) is 0 Å². The highest BCUT2D eigenvalue weighted by atomic mass is 32.1. The Labute approximate surface area is 174 Å². The molecule has 1 aliphatic rings. The summed E-state index contributed by atoms with van der Waals surface area (Å²) < 4.78 is 1.90. The van der Waals surface area contributed by atoms with Crippen LogP contribution >= 0.6 is 11.3 Å². The van der Waals surface area contributed by atoms with Crippen LogP contribution in [0.4, 0.5) is 0 Å². The molecular weight excluding hydrogens is 384 g/mol. The average Bonchev–Trinajstić information content (AvgIpc) is 3.45. The van der Waals surface area contributed by atoms with Crippen molar-refractivity contribution in [1.82, 2.24) is 19.6 Å². The standard InChI is InChI=1S/C22H26N4O2S/c1-4-24(5-2)20(27)18-12-9-13-25(18)21(28)19-14-17-15(3)23-26(22(17)29-19)16-10-7-6-8-11-16/h6-8,10-11,14,18H,4-5,9,12-13H2,1-3H3. The lowest BCUT2D eigenvalue weighted by Crippen LogP contribution is -2.47. The molecule has 0 radical (unpaired) electrons. The number of hydrogen-bond acceptors (Lipinski definition) is 4. The van der Waals surface area contributed by atoms with Crippen molar-refractivity contribution in [3.8, 4) is 5.69 Å². The predicted molar refractivity (Wildman–Crippen MR) is 116 cm³/mol. The number of carbonyl (C=O) groups is 2. The minimum absolute atomic E-state index is 0.0479. The Morgan fingerprint density at radius 2 is 1.93 bits per heavy atom. The van der Waals surface area contributed by atoms with Crippen LogP contribution in [0.25, 0.3) is 15.9 Å². The van der Waals surface area contributed by atoms with Gasteiger partial charge in [0.05, 0.1) is 16.3 Å². The number of rotatable bonds is 5. The number of likely N-dealkylation sites (tertiary alicyclic amines) is 1. The van der Waals surface area contributed by atoms with Crippen LogP contribution in [-0.2, 0) is 4.79 Å². The van der Waals surface area contributed by atoms with Crippen molar-refractivity contribution in [3.63, 3.8) is 0 Å². The zero-order valence-electron chi connectivity index (χ0n) is 17.1. The van der Waals surface area contributed by atoms with E-state index in [2.05, 4.69) is 5.10 Å². The predicted octanol–water partition coefficient (Wildman–Crippen LogP) is 3.87. The topological polar surface area (TPSA) is 58.4 Å². The fourth-order valence-corrected chi connectivity index (χ4v) is 5.19. The Bertz CT molecular complexity index is 1040. The smallest absolute Gasteiger partial charge is 0.264 e. The first-order valence-electron chi connectivity index (χ1n) is 10.2. The third-order valence-electron chi connectivity index (χ3n) is 5.63. The summed E-state index contributed by atoms with van der Waals surface area (Å²) in [6, 6.07) is 11.5. The second-order valence-electron chi connectivity index (χ2n) is 7.33. The van der Waals surface area contributed by atoms with Gasteiger partial charge in [0.15, 0.2) is 0 Å². The average molecular weight is 411 g/mol. The number of hydrogen-bond donors (Lipinski definition) is 0. The van der Waals surface area contributed by atoms with Crippen LogP contribution in [-0.4, -0.2) is 57.1 Å². The minimum atomic E-state index is -0.348. The molecular formula is C22H26N4O2S. The number of carbonyl (C=O) groups excluding carboxylic acids is 2. The molecule has 6 nitrogen and oxygen atoms in total. The Balaban J connectivity index is 1.66. The summed E-state index contributed by atoms with van der Waals surface area (Å²) >= 11 is 1.45. The first-order valence-corrected chi connectivity index (χ1v) is 11.0. The highest BCUT2D eigenvalue weighted by Crippen LogP contribution is 2.32. The van der Waals surface area contributed by atoms with Gasteiger partial charge in [0, 0.05) is 25.0 Å². The van der Waals surface area contributed by atoms with Crippen LogP contribution in [0.15, 0.2) is 36.4 Å². The minimum Gasteiger partial charge on any atom is -0.341 e. The summed E-state index contributed by atoms with van der Waals surface area (Å²) in [5, 5.41) is 5.64. The van der Waals surface area contributed by atoms with Gasteiger partial charge in [0.1, 0.15) is 10.9 Å². The fraction of sp³-hybridized carbons (Fsp3) is 0.409. The van der Waals surface area contributed by atoms with Crippen molar-refractivity contribution in [2.75, 3.05) is 19.6 Å². The van der Waals surface area contributed by atoms with E-state index in [0.29, 0.717) is 24.5 Å². The van der Waals surface area contributed by atoms with Gasteiger partial charge in [-0.25, -0.2) is 4.68 Å². The van der Waals surface area contributed by atoms with Gasteiger partial charge in [0.2, 0.25) is 5.91 Å². The third kappa shape index (κ3) is 3.44. The van der Waals surface area contributed by atoms with Gasteiger partial charge >= 0.3 is 0 Å². The lowest BCUT2D eigenvalue weighted by Gasteiger charge is -2.28. The summed E-state index contributed by atoms with van der Waals surface area (Å²) in [4.78, 5) is 31.4. The molecule has 29 heavy (non-hydrogen) atoms. The van der Waals surface area contributed by atoms with E-state index in [-0.39, 0.29) is 17.9 Å². The van der Waals surface area contributed by atoms with E-state index in [1.54, 1.807) is 4.90 Å². The number of fused-ring (bicyclic) bond motifs is 1. The van der Waals surface area contributed by atoms with Gasteiger partial charge in [0.25, 0.3) is 5.91 Å². The van der Waals surface area contributed by atoms with Gasteiger partial charge in [-0.3, -0.25) is 9.59 Å². The zero-order chi connectivity index (χ0) is 20.5. The summed E-state index contributed by atoms with van der Waals surface area (Å²) in [6.07, 6.45) is 1.61. The van der Waals surface area contributed by atoms with Gasteiger partial charge in [-0.15, -0.1) is 11.3 Å². The van der Waals surface area contributed by atoms with E-state index in [0.717, 1.165) is 34.4 Å². The maximum atomic E-state index is 13.3. The van der Waals surface area contributed by atoms with Crippen molar-refractivity contribution in [1.29, 1.82) is 0 Å². The summed E-state index contributed by atoms with van der Waals surface area (Å²) in [7, 11) is 0. The van der Waals surface area contributed by atoms with Crippen LogP contribution in [0.1, 0.15) is 42.1 Å². The molecule has 152 valence electrons. The van der Waals surface area contributed by atoms with Crippen molar-refractivity contribution >= 4 is 33.4 Å². The maximum Gasteiger partial charge on any atom is 0.264 e. The Hall–Kier alpha value is -2.67. The molecule has 1 unspecified atom stereocenters. The van der Waals surface area contributed by atoms with Gasteiger partial charge < -0.3 is 9.80 Å². The largest absolute Gasteiger partial charge is 0.341 e. The number of thiophene rings is 1. The molecule has 2 aromatic heterocycles. The summed E-state index contributed by atoms with van der Waals surface area (Å²) in [5.41, 5.74) is 1.87. The van der Waals surface area contributed by atoms with E-state index in [1.807, 2.05) is 66.8 Å². The first kappa shape index (κ1) is 19.6. The lowest BCUT2D eigenvalue weighted by atomic mass is 10.2. The van der Waals surface area contributed by atoms with Crippen molar-refractivity contribution < 1.29 is 9.59 Å². The molecule has 3 heterocycles. The molecule has 3 aromatic rings. The molecule has 0 bridgehead atoms. The number of benzene rings is 1. The molecule has 2 amide bonds. The number of likely N-dealkylation sites (N-methyl/N-ethyl adjacent to an activating group) is 1. The highest BCUT2D eigenvalue weighted by molar-refractivity contribution is 7.20. The normalized spacial score (nSPS) is 16.5. The van der Waals surface area contributed by atoms with E-state index in [9.17, 15) is 9.59 Å². The Morgan fingerprint density at radius 1 is 1.21 bits per heavy atom. The van der Waals surface area contributed by atoms with Crippen molar-refractivity contribution in [2.45, 2.75) is 39.7 Å². The van der Waals surface area contributed by atoms with Crippen molar-refractivity contribution in [2.24, 2.45) is 0 Å². The summed E-state index contributed by atoms with van der Waals surface area (Å²) in [6.45, 7) is 7.89. The molecule has 0 aliphatic carbocycles. The monoisotopic (exact) mass is 410 g/mol. The number of aromatic nitrogens is 2. The van der Waals surface area contributed by atoms with Crippen molar-refractivity contribution in [3.05, 3.63) is 47.0 Å². The van der Waals surface area contributed by atoms with E-state index < -0.39 is 0 Å². The maximum absolute atomic E-state index is 13.3. The van der Waals surface area contributed by atoms with E-state index >= 15 is 0 Å². The van der Waals surface area contributed by atoms with Gasteiger partial charge in [-0.1, -0.05) is 18.2 Å². The number of amides is 2. The zero-order valence-corrected chi connectivity index (χ0v) is 17.9. The van der Waals surface area contributed by atoms with E-state index in [1.165, 1.54) is 11.3 Å². The lowest BCUT2D eigenvalue weighted by molar-refractivity contribution is -0.134. The van der Waals surface area contributed by atoms with Gasteiger partial charge in [-0.05, 0) is 51.8 Å². The SMILES string of the molecule is CCN(CC)C(=O)C1CCCN1C(=O)c1cc2c(C)nn(-c3ccccc3)c2s1. The van der Waals surface area contributed by atoms with Crippen LogP contribution in [0.3, 0.4) is 0 Å². The van der Waals surface area contributed by atoms with Crippen LogP contribution in [0, 0.1) is 6.92 Å². The Kier molecular flexibility index (Phi) is 5.41. The molecule has 7 heteroatoms. The molecule has 1 aromatic carbocycles. The third-order valence-corrected chi connectivity index (χ3v) is 6.73. The quantitative estimate of drug-likeness (QED) is 0.642. The molecule has 0 N–H and O–H groups in total. The van der Waals surface area contributed by atoms with Crippen LogP contribution < -0.4 is 0 Å². The van der Waals surface area contributed by atoms with Crippen LogP contribution in [0.2, 0.25) is 0 Å². The molecule has 1 aliphatic heterocycles. The number of aryl methyl sites for hydroxylation is 1. The first-order chi connectivity index (χ1) is 14.0. The molecule has 1 fully saturated rings. The number of nitrogens with zero attached hydrogens (tertiary/aromatic N) is 4.